The van der Waals surface area contributed by atoms with E-state index >= 15 is 0 Å². The van der Waals surface area contributed by atoms with Gasteiger partial charge in [0, 0.05) is 18.8 Å². The molecule has 0 radical (unpaired) electrons. The Bertz CT molecular complexity index is 1440. The van der Waals surface area contributed by atoms with Crippen molar-refractivity contribution < 1.29 is 17.9 Å². The van der Waals surface area contributed by atoms with Crippen LogP contribution in [0.3, 0.4) is 0 Å². The van der Waals surface area contributed by atoms with Crippen molar-refractivity contribution in [3.63, 3.8) is 0 Å². The van der Waals surface area contributed by atoms with E-state index in [0.717, 1.165) is 16.5 Å². The van der Waals surface area contributed by atoms with Crippen molar-refractivity contribution >= 4 is 32.4 Å². The molecule has 4 aromatic carbocycles. The van der Waals surface area contributed by atoms with Crippen molar-refractivity contribution in [3.8, 4) is 11.5 Å². The second-order valence-electron chi connectivity index (χ2n) is 8.64. The number of piperidine rings is 1. The molecule has 7 heteroatoms. The molecule has 1 atom stereocenters. The number of sulfonamides is 1. The number of carbonyl (C=O) groups is 1. The predicted molar refractivity (Wildman–Crippen MR) is 137 cm³/mol. The molecule has 5 rings (SSSR count). The first-order valence-electron chi connectivity index (χ1n) is 11.6. The molecule has 1 saturated heterocycles. The third-order valence-corrected chi connectivity index (χ3v) is 8.08. The normalized spacial score (nSPS) is 16.6. The van der Waals surface area contributed by atoms with Crippen LogP contribution in [0.4, 0.5) is 5.69 Å². The molecule has 1 aliphatic heterocycles. The minimum Gasteiger partial charge on any atom is -0.457 e. The summed E-state index contributed by atoms with van der Waals surface area (Å²) in [6.45, 7) is 0.570. The van der Waals surface area contributed by atoms with Crippen LogP contribution in [0.2, 0.25) is 0 Å². The number of benzene rings is 4. The molecule has 4 aromatic rings. The number of para-hydroxylation sites is 1. The van der Waals surface area contributed by atoms with Crippen LogP contribution in [0.15, 0.2) is 102 Å². The molecule has 0 aliphatic carbocycles. The van der Waals surface area contributed by atoms with Gasteiger partial charge in [0.05, 0.1) is 10.8 Å². The van der Waals surface area contributed by atoms with Crippen LogP contribution in [0, 0.1) is 5.92 Å². The number of ether oxygens (including phenoxy) is 1. The van der Waals surface area contributed by atoms with E-state index in [0.29, 0.717) is 30.8 Å². The SMILES string of the molecule is O=C(Nc1ccc(Oc2ccccc2)cc1)[C@@H]1CCCN(S(=O)(=O)c2ccc3ccccc3c2)C1. The fourth-order valence-electron chi connectivity index (χ4n) is 4.33. The lowest BCUT2D eigenvalue weighted by atomic mass is 9.99. The van der Waals surface area contributed by atoms with E-state index in [-0.39, 0.29) is 17.3 Å². The summed E-state index contributed by atoms with van der Waals surface area (Å²) in [7, 11) is -3.69. The van der Waals surface area contributed by atoms with Gasteiger partial charge in [-0.3, -0.25) is 4.79 Å². The number of fused-ring (bicyclic) bond motifs is 1. The lowest BCUT2D eigenvalue weighted by Crippen LogP contribution is -2.43. The minimum absolute atomic E-state index is 0.163. The Morgan fingerprint density at radius 3 is 2.29 bits per heavy atom. The monoisotopic (exact) mass is 486 g/mol. The highest BCUT2D eigenvalue weighted by Crippen LogP contribution is 2.28. The molecule has 0 spiro atoms. The van der Waals surface area contributed by atoms with Crippen LogP contribution in [-0.2, 0) is 14.8 Å². The van der Waals surface area contributed by atoms with E-state index in [9.17, 15) is 13.2 Å². The van der Waals surface area contributed by atoms with Gasteiger partial charge < -0.3 is 10.1 Å². The molecule has 1 amide bonds. The molecular formula is C28H26N2O4S. The van der Waals surface area contributed by atoms with Crippen molar-refractivity contribution in [1.29, 1.82) is 0 Å². The average Bonchev–Trinajstić information content (AvgIpc) is 2.90. The Morgan fingerprint density at radius 2 is 1.51 bits per heavy atom. The van der Waals surface area contributed by atoms with Crippen molar-refractivity contribution in [1.82, 2.24) is 4.31 Å². The Kier molecular flexibility index (Phi) is 6.53. The zero-order chi connectivity index (χ0) is 24.3. The maximum atomic E-state index is 13.3. The first-order valence-corrected chi connectivity index (χ1v) is 13.1. The van der Waals surface area contributed by atoms with Crippen LogP contribution in [-0.4, -0.2) is 31.7 Å². The van der Waals surface area contributed by atoms with Crippen LogP contribution >= 0.6 is 0 Å². The van der Waals surface area contributed by atoms with Crippen molar-refractivity contribution in [2.45, 2.75) is 17.7 Å². The molecule has 1 fully saturated rings. The maximum absolute atomic E-state index is 13.3. The third-order valence-electron chi connectivity index (χ3n) is 6.21. The van der Waals surface area contributed by atoms with E-state index in [1.54, 1.807) is 36.4 Å². The Morgan fingerprint density at radius 1 is 0.829 bits per heavy atom. The molecular weight excluding hydrogens is 460 g/mol. The Labute approximate surface area is 205 Å². The van der Waals surface area contributed by atoms with E-state index < -0.39 is 15.9 Å². The largest absolute Gasteiger partial charge is 0.457 e. The summed E-state index contributed by atoms with van der Waals surface area (Å²) in [5, 5.41) is 4.79. The molecule has 0 aromatic heterocycles. The van der Waals surface area contributed by atoms with Crippen LogP contribution < -0.4 is 10.1 Å². The molecule has 1 N–H and O–H groups in total. The molecule has 0 saturated carbocycles. The summed E-state index contributed by atoms with van der Waals surface area (Å²) < 4.78 is 33.9. The number of nitrogens with one attached hydrogen (secondary N) is 1. The van der Waals surface area contributed by atoms with Gasteiger partial charge in [0.25, 0.3) is 0 Å². The summed E-state index contributed by atoms with van der Waals surface area (Å²) in [6.07, 6.45) is 1.28. The van der Waals surface area contributed by atoms with E-state index in [1.807, 2.05) is 60.7 Å². The van der Waals surface area contributed by atoms with E-state index in [4.69, 9.17) is 4.74 Å². The summed E-state index contributed by atoms with van der Waals surface area (Å²) >= 11 is 0. The minimum atomic E-state index is -3.69. The van der Waals surface area contributed by atoms with Crippen molar-refractivity contribution in [2.75, 3.05) is 18.4 Å². The molecule has 6 nitrogen and oxygen atoms in total. The van der Waals surface area contributed by atoms with Gasteiger partial charge in [0.2, 0.25) is 15.9 Å². The van der Waals surface area contributed by atoms with Gasteiger partial charge in [0.15, 0.2) is 0 Å². The van der Waals surface area contributed by atoms with Crippen molar-refractivity contribution in [3.05, 3.63) is 97.1 Å². The zero-order valence-electron chi connectivity index (χ0n) is 19.1. The second-order valence-corrected chi connectivity index (χ2v) is 10.6. The van der Waals surface area contributed by atoms with Gasteiger partial charge in [0.1, 0.15) is 11.5 Å². The summed E-state index contributed by atoms with van der Waals surface area (Å²) in [5.74, 6) is 0.804. The Hall–Kier alpha value is -3.68. The highest BCUT2D eigenvalue weighted by molar-refractivity contribution is 7.89. The first kappa shape index (κ1) is 23.1. The highest BCUT2D eigenvalue weighted by Gasteiger charge is 2.33. The predicted octanol–water partition coefficient (Wildman–Crippen LogP) is 5.67. The zero-order valence-corrected chi connectivity index (χ0v) is 19.9. The van der Waals surface area contributed by atoms with Crippen LogP contribution in [0.5, 0.6) is 11.5 Å². The molecule has 1 heterocycles. The summed E-state index contributed by atoms with van der Waals surface area (Å²) in [5.41, 5.74) is 0.643. The number of rotatable bonds is 6. The lowest BCUT2D eigenvalue weighted by Gasteiger charge is -2.31. The quantitative estimate of drug-likeness (QED) is 0.381. The molecule has 178 valence electrons. The third kappa shape index (κ3) is 5.21. The van der Waals surface area contributed by atoms with Gasteiger partial charge in [-0.2, -0.15) is 4.31 Å². The van der Waals surface area contributed by atoms with Crippen LogP contribution in [0.25, 0.3) is 10.8 Å². The highest BCUT2D eigenvalue weighted by atomic mass is 32.2. The Balaban J connectivity index is 1.24. The van der Waals surface area contributed by atoms with Crippen LogP contribution in [0.1, 0.15) is 12.8 Å². The topological polar surface area (TPSA) is 75.7 Å². The number of anilines is 1. The van der Waals surface area contributed by atoms with E-state index in [1.165, 1.54) is 4.31 Å². The summed E-state index contributed by atoms with van der Waals surface area (Å²) in [6, 6.07) is 29.4. The molecule has 1 aliphatic rings. The van der Waals surface area contributed by atoms with E-state index in [2.05, 4.69) is 5.32 Å². The number of nitrogens with zero attached hydrogens (tertiary/aromatic N) is 1. The maximum Gasteiger partial charge on any atom is 0.243 e. The van der Waals surface area contributed by atoms with Gasteiger partial charge in [-0.05, 0) is 72.1 Å². The second kappa shape index (κ2) is 9.90. The summed E-state index contributed by atoms with van der Waals surface area (Å²) in [4.78, 5) is 13.2. The molecule has 0 bridgehead atoms. The number of carbonyl (C=O) groups excluding carboxylic acids is 1. The standard InChI is InChI=1S/C28H26N2O4S/c31-28(29-24-13-15-26(16-14-24)34-25-10-2-1-3-11-25)23-9-6-18-30(20-23)35(32,33)27-17-12-21-7-4-5-8-22(21)19-27/h1-5,7-8,10-17,19,23H,6,9,18,20H2,(H,29,31)/t23-/m1/s1. The van der Waals surface area contributed by atoms with Gasteiger partial charge in [-0.1, -0.05) is 48.5 Å². The smallest absolute Gasteiger partial charge is 0.243 e. The molecule has 35 heavy (non-hydrogen) atoms. The fraction of sp³-hybridized carbons (Fsp3) is 0.179. The average molecular weight is 487 g/mol. The van der Waals surface area contributed by atoms with Crippen molar-refractivity contribution in [2.24, 2.45) is 5.92 Å². The molecule has 0 unspecified atom stereocenters. The first-order chi connectivity index (χ1) is 17.0. The van der Waals surface area contributed by atoms with Gasteiger partial charge in [-0.15, -0.1) is 0 Å². The fourth-order valence-corrected chi connectivity index (χ4v) is 5.89. The number of hydrogen-bond donors (Lipinski definition) is 1. The van der Waals surface area contributed by atoms with Gasteiger partial charge >= 0.3 is 0 Å². The number of hydrogen-bond acceptors (Lipinski definition) is 4. The van der Waals surface area contributed by atoms with Gasteiger partial charge in [-0.25, -0.2) is 8.42 Å². The number of amides is 1. The lowest BCUT2D eigenvalue weighted by molar-refractivity contribution is -0.120.